The fourth-order valence-electron chi connectivity index (χ4n) is 1.98. The van der Waals surface area contributed by atoms with Gasteiger partial charge in [0.15, 0.2) is 0 Å². The van der Waals surface area contributed by atoms with Gasteiger partial charge < -0.3 is 15.7 Å². The van der Waals surface area contributed by atoms with E-state index >= 15 is 0 Å². The van der Waals surface area contributed by atoms with Crippen LogP contribution < -0.4 is 10.6 Å². The van der Waals surface area contributed by atoms with E-state index in [4.69, 9.17) is 5.11 Å². The topological polar surface area (TPSA) is 61.4 Å². The number of fused-ring (bicyclic) bond motifs is 1. The largest absolute Gasteiger partial charge is 0.396 e. The van der Waals surface area contributed by atoms with Crippen LogP contribution >= 0.6 is 11.8 Å². The van der Waals surface area contributed by atoms with Crippen molar-refractivity contribution in [3.8, 4) is 0 Å². The highest BCUT2D eigenvalue weighted by Crippen LogP contribution is 2.35. The lowest BCUT2D eigenvalue weighted by Crippen LogP contribution is -2.39. The summed E-state index contributed by atoms with van der Waals surface area (Å²) in [6, 6.07) is 8.13. The number of rotatable bonds is 4. The van der Waals surface area contributed by atoms with E-state index in [-0.39, 0.29) is 18.7 Å². The van der Waals surface area contributed by atoms with Crippen LogP contribution in [0.5, 0.6) is 0 Å². The molecule has 2 amide bonds. The number of urea groups is 1. The van der Waals surface area contributed by atoms with Crippen LogP contribution in [-0.4, -0.2) is 30.0 Å². The summed E-state index contributed by atoms with van der Waals surface area (Å²) in [5.74, 6) is 1.03. The molecule has 18 heavy (non-hydrogen) atoms. The maximum atomic E-state index is 11.7. The summed E-state index contributed by atoms with van der Waals surface area (Å²) in [5.41, 5.74) is 1.20. The van der Waals surface area contributed by atoms with Crippen LogP contribution in [0.25, 0.3) is 0 Å². The number of carbonyl (C=O) groups excluding carboxylic acids is 1. The van der Waals surface area contributed by atoms with Crippen LogP contribution in [0.3, 0.4) is 0 Å². The average Bonchev–Trinajstić information content (AvgIpc) is 2.39. The Hall–Kier alpha value is -1.20. The first-order chi connectivity index (χ1) is 8.81. The number of nitrogens with one attached hydrogen (secondary N) is 2. The molecule has 1 heterocycles. The second-order valence-electron chi connectivity index (χ2n) is 4.20. The molecule has 4 nitrogen and oxygen atoms in total. The van der Waals surface area contributed by atoms with Gasteiger partial charge in [0.2, 0.25) is 0 Å². The number of benzene rings is 1. The van der Waals surface area contributed by atoms with E-state index in [0.717, 1.165) is 12.2 Å². The van der Waals surface area contributed by atoms with Gasteiger partial charge in [0.1, 0.15) is 0 Å². The molecule has 0 aromatic heterocycles. The Morgan fingerprint density at radius 3 is 3.11 bits per heavy atom. The summed E-state index contributed by atoms with van der Waals surface area (Å²) in [5, 5.41) is 14.4. The van der Waals surface area contributed by atoms with Crippen molar-refractivity contribution in [2.75, 3.05) is 18.9 Å². The lowest BCUT2D eigenvalue weighted by molar-refractivity contribution is 0.234. The molecule has 98 valence electrons. The van der Waals surface area contributed by atoms with E-state index in [1.165, 1.54) is 10.5 Å². The molecule has 3 N–H and O–H groups in total. The van der Waals surface area contributed by atoms with Gasteiger partial charge in [-0.05, 0) is 24.5 Å². The lowest BCUT2D eigenvalue weighted by Gasteiger charge is -2.25. The third kappa shape index (κ3) is 3.40. The van der Waals surface area contributed by atoms with Gasteiger partial charge in [0.05, 0.1) is 6.04 Å². The molecular formula is C13H18N2O2S. The maximum Gasteiger partial charge on any atom is 0.315 e. The van der Waals surface area contributed by atoms with Crippen LogP contribution in [-0.2, 0) is 0 Å². The van der Waals surface area contributed by atoms with Gasteiger partial charge in [0.25, 0.3) is 0 Å². The van der Waals surface area contributed by atoms with E-state index in [1.54, 1.807) is 0 Å². The molecule has 1 aromatic rings. The molecule has 1 unspecified atom stereocenters. The number of amides is 2. The molecule has 5 heteroatoms. The predicted molar refractivity (Wildman–Crippen MR) is 72.8 cm³/mol. The van der Waals surface area contributed by atoms with E-state index < -0.39 is 0 Å². The van der Waals surface area contributed by atoms with Gasteiger partial charge in [-0.3, -0.25) is 0 Å². The van der Waals surface area contributed by atoms with Crippen molar-refractivity contribution in [3.05, 3.63) is 29.8 Å². The standard InChI is InChI=1S/C13H18N2O2S/c16-8-3-7-14-13(17)15-11-6-9-18-12-5-2-1-4-10(11)12/h1-2,4-5,11,16H,3,6-9H2,(H2,14,15,17). The molecular weight excluding hydrogens is 248 g/mol. The van der Waals surface area contributed by atoms with Crippen LogP contribution in [0.2, 0.25) is 0 Å². The Kier molecular flexibility index (Phi) is 4.90. The van der Waals surface area contributed by atoms with Crippen molar-refractivity contribution < 1.29 is 9.90 Å². The first-order valence-corrected chi connectivity index (χ1v) is 7.17. The Morgan fingerprint density at radius 2 is 2.28 bits per heavy atom. The minimum absolute atomic E-state index is 0.0941. The summed E-state index contributed by atoms with van der Waals surface area (Å²) < 4.78 is 0. The van der Waals surface area contributed by atoms with Crippen molar-refractivity contribution in [2.45, 2.75) is 23.8 Å². The van der Waals surface area contributed by atoms with Gasteiger partial charge in [-0.2, -0.15) is 0 Å². The summed E-state index contributed by atoms with van der Waals surface area (Å²) in [6.45, 7) is 0.606. The number of carbonyl (C=O) groups is 1. The van der Waals surface area contributed by atoms with Crippen molar-refractivity contribution in [3.63, 3.8) is 0 Å². The number of aliphatic hydroxyl groups is 1. The SMILES string of the molecule is O=C(NCCCO)NC1CCSc2ccccc21. The molecule has 1 atom stereocenters. The van der Waals surface area contributed by atoms with Crippen LogP contribution in [0.15, 0.2) is 29.2 Å². The van der Waals surface area contributed by atoms with Crippen molar-refractivity contribution in [1.29, 1.82) is 0 Å². The Morgan fingerprint density at radius 1 is 1.44 bits per heavy atom. The third-order valence-electron chi connectivity index (χ3n) is 2.88. The molecule has 0 saturated carbocycles. The Balaban J connectivity index is 1.92. The number of hydrogen-bond acceptors (Lipinski definition) is 3. The second kappa shape index (κ2) is 6.66. The first-order valence-electron chi connectivity index (χ1n) is 6.18. The van der Waals surface area contributed by atoms with E-state index in [9.17, 15) is 4.79 Å². The monoisotopic (exact) mass is 266 g/mol. The van der Waals surface area contributed by atoms with Gasteiger partial charge in [0, 0.05) is 23.8 Å². The molecule has 0 aliphatic carbocycles. The fraction of sp³-hybridized carbons (Fsp3) is 0.462. The lowest BCUT2D eigenvalue weighted by atomic mass is 10.0. The zero-order chi connectivity index (χ0) is 12.8. The molecule has 0 bridgehead atoms. The van der Waals surface area contributed by atoms with E-state index in [1.807, 2.05) is 23.9 Å². The first kappa shape index (κ1) is 13.2. The molecule has 0 saturated heterocycles. The summed E-state index contributed by atoms with van der Waals surface area (Å²) in [7, 11) is 0. The number of aliphatic hydroxyl groups excluding tert-OH is 1. The molecule has 0 spiro atoms. The van der Waals surface area contributed by atoms with E-state index in [0.29, 0.717) is 13.0 Å². The summed E-state index contributed by atoms with van der Waals surface area (Å²) in [6.07, 6.45) is 1.54. The van der Waals surface area contributed by atoms with Gasteiger partial charge in [-0.1, -0.05) is 18.2 Å². The molecule has 1 aromatic carbocycles. The molecule has 1 aliphatic rings. The quantitative estimate of drug-likeness (QED) is 0.730. The zero-order valence-corrected chi connectivity index (χ0v) is 11.0. The highest BCUT2D eigenvalue weighted by Gasteiger charge is 2.21. The van der Waals surface area contributed by atoms with Crippen molar-refractivity contribution >= 4 is 17.8 Å². The van der Waals surface area contributed by atoms with Crippen molar-refractivity contribution in [1.82, 2.24) is 10.6 Å². The minimum atomic E-state index is -0.157. The molecule has 1 aliphatic heterocycles. The van der Waals surface area contributed by atoms with Gasteiger partial charge in [-0.25, -0.2) is 4.79 Å². The highest BCUT2D eigenvalue weighted by molar-refractivity contribution is 7.99. The maximum absolute atomic E-state index is 11.7. The van der Waals surface area contributed by atoms with Crippen LogP contribution in [0.1, 0.15) is 24.4 Å². The number of thioether (sulfide) groups is 1. The highest BCUT2D eigenvalue weighted by atomic mass is 32.2. The van der Waals surface area contributed by atoms with E-state index in [2.05, 4.69) is 22.8 Å². The van der Waals surface area contributed by atoms with Crippen molar-refractivity contribution in [2.24, 2.45) is 0 Å². The fourth-order valence-corrected chi connectivity index (χ4v) is 3.11. The zero-order valence-electron chi connectivity index (χ0n) is 10.2. The van der Waals surface area contributed by atoms with Gasteiger partial charge >= 0.3 is 6.03 Å². The molecule has 2 rings (SSSR count). The normalized spacial score (nSPS) is 17.9. The molecule has 0 fully saturated rings. The summed E-state index contributed by atoms with van der Waals surface area (Å²) >= 11 is 1.84. The van der Waals surface area contributed by atoms with Crippen LogP contribution in [0.4, 0.5) is 4.79 Å². The molecule has 0 radical (unpaired) electrons. The predicted octanol–water partition coefficient (Wildman–Crippen LogP) is 1.91. The average molecular weight is 266 g/mol. The Bertz CT molecular complexity index is 412. The summed E-state index contributed by atoms with van der Waals surface area (Å²) in [4.78, 5) is 12.9. The smallest absolute Gasteiger partial charge is 0.315 e. The minimum Gasteiger partial charge on any atom is -0.396 e. The second-order valence-corrected chi connectivity index (χ2v) is 5.34. The third-order valence-corrected chi connectivity index (χ3v) is 4.01. The van der Waals surface area contributed by atoms with Gasteiger partial charge in [-0.15, -0.1) is 11.8 Å². The number of hydrogen-bond donors (Lipinski definition) is 3. The Labute approximate surface area is 111 Å². The van der Waals surface area contributed by atoms with Crippen LogP contribution in [0, 0.1) is 0 Å².